The van der Waals surface area contributed by atoms with Crippen molar-refractivity contribution in [2.45, 2.75) is 85.4 Å². The van der Waals surface area contributed by atoms with Crippen LogP contribution in [0.2, 0.25) is 0 Å². The standard InChI is InChI=1S/C24H37NO4/c1-23(2,3)19-12-14-20(15-13-19)25(22(27)29-24(4,5)6)16-17-8-10-18(11-9-17)21(26)28-7/h8-11,19-20H,12-16H2,1-7H3/t19-,20-. The molecular weight excluding hydrogens is 366 g/mol. The van der Waals surface area contributed by atoms with E-state index in [1.807, 2.05) is 37.8 Å². The van der Waals surface area contributed by atoms with Gasteiger partial charge in [-0.15, -0.1) is 0 Å². The smallest absolute Gasteiger partial charge is 0.410 e. The van der Waals surface area contributed by atoms with Crippen molar-refractivity contribution in [3.8, 4) is 0 Å². The number of carbonyl (C=O) groups excluding carboxylic acids is 2. The molecule has 1 aliphatic rings. The van der Waals surface area contributed by atoms with E-state index in [9.17, 15) is 9.59 Å². The Labute approximate surface area is 175 Å². The average Bonchev–Trinajstić information content (AvgIpc) is 2.64. The molecule has 1 aromatic rings. The Kier molecular flexibility index (Phi) is 7.36. The van der Waals surface area contributed by atoms with Gasteiger partial charge >= 0.3 is 12.1 Å². The molecule has 0 radical (unpaired) electrons. The van der Waals surface area contributed by atoms with Crippen LogP contribution in [0.25, 0.3) is 0 Å². The molecule has 0 bridgehead atoms. The van der Waals surface area contributed by atoms with Crippen molar-refractivity contribution in [2.24, 2.45) is 11.3 Å². The summed E-state index contributed by atoms with van der Waals surface area (Å²) in [5.74, 6) is 0.319. The van der Waals surface area contributed by atoms with Gasteiger partial charge in [-0.2, -0.15) is 0 Å². The van der Waals surface area contributed by atoms with Crippen LogP contribution < -0.4 is 0 Å². The van der Waals surface area contributed by atoms with Gasteiger partial charge in [0.1, 0.15) is 5.60 Å². The molecule has 1 aromatic carbocycles. The van der Waals surface area contributed by atoms with Gasteiger partial charge in [0.2, 0.25) is 0 Å². The molecule has 1 saturated carbocycles. The van der Waals surface area contributed by atoms with Crippen LogP contribution in [-0.4, -0.2) is 35.7 Å². The molecule has 29 heavy (non-hydrogen) atoms. The quantitative estimate of drug-likeness (QED) is 0.595. The Morgan fingerprint density at radius 2 is 1.52 bits per heavy atom. The number of hydrogen-bond donors (Lipinski definition) is 0. The number of hydrogen-bond acceptors (Lipinski definition) is 4. The Morgan fingerprint density at radius 3 is 1.97 bits per heavy atom. The van der Waals surface area contributed by atoms with Crippen LogP contribution in [0.15, 0.2) is 24.3 Å². The molecule has 0 aromatic heterocycles. The Morgan fingerprint density at radius 1 is 0.966 bits per heavy atom. The normalized spacial score (nSPS) is 20.1. The molecule has 0 unspecified atom stereocenters. The number of carbonyl (C=O) groups is 2. The maximum atomic E-state index is 13.0. The summed E-state index contributed by atoms with van der Waals surface area (Å²) < 4.78 is 10.5. The van der Waals surface area contributed by atoms with E-state index >= 15 is 0 Å². The maximum absolute atomic E-state index is 13.0. The average molecular weight is 404 g/mol. The van der Waals surface area contributed by atoms with Crippen molar-refractivity contribution in [2.75, 3.05) is 7.11 Å². The van der Waals surface area contributed by atoms with Crippen LogP contribution >= 0.6 is 0 Å². The topological polar surface area (TPSA) is 55.8 Å². The van der Waals surface area contributed by atoms with E-state index in [1.165, 1.54) is 7.11 Å². The lowest BCUT2D eigenvalue weighted by Gasteiger charge is -2.41. The van der Waals surface area contributed by atoms with Gasteiger partial charge in [0.15, 0.2) is 0 Å². The molecule has 1 aliphatic carbocycles. The summed E-state index contributed by atoms with van der Waals surface area (Å²) in [6.07, 6.45) is 3.94. The third-order valence-corrected chi connectivity index (χ3v) is 5.72. The molecule has 0 heterocycles. The molecule has 2 rings (SSSR count). The largest absolute Gasteiger partial charge is 0.465 e. The second-order valence-electron chi connectivity index (χ2n) is 10.2. The Bertz CT molecular complexity index is 689. The molecule has 0 spiro atoms. The second kappa shape index (κ2) is 9.19. The monoisotopic (exact) mass is 403 g/mol. The number of rotatable bonds is 4. The van der Waals surface area contributed by atoms with Crippen LogP contribution in [0.1, 0.15) is 83.1 Å². The number of benzene rings is 1. The minimum absolute atomic E-state index is 0.170. The van der Waals surface area contributed by atoms with Crippen molar-refractivity contribution < 1.29 is 19.1 Å². The third-order valence-electron chi connectivity index (χ3n) is 5.72. The highest BCUT2D eigenvalue weighted by molar-refractivity contribution is 5.89. The van der Waals surface area contributed by atoms with Gasteiger partial charge < -0.3 is 14.4 Å². The zero-order valence-electron chi connectivity index (χ0n) is 19.1. The van der Waals surface area contributed by atoms with Gasteiger partial charge in [-0.25, -0.2) is 9.59 Å². The van der Waals surface area contributed by atoms with Gasteiger partial charge in [0.05, 0.1) is 12.7 Å². The Hall–Kier alpha value is -2.04. The van der Waals surface area contributed by atoms with Gasteiger partial charge in [0.25, 0.3) is 0 Å². The molecule has 1 amide bonds. The van der Waals surface area contributed by atoms with Crippen LogP contribution in [0, 0.1) is 11.3 Å². The molecule has 162 valence electrons. The fraction of sp³-hybridized carbons (Fsp3) is 0.667. The van der Waals surface area contributed by atoms with Crippen LogP contribution in [0.4, 0.5) is 4.79 Å². The molecule has 0 N–H and O–H groups in total. The zero-order valence-corrected chi connectivity index (χ0v) is 19.1. The SMILES string of the molecule is COC(=O)c1ccc(CN(C(=O)OC(C)(C)C)[C@H]2CC[C@H](C(C)(C)C)CC2)cc1. The van der Waals surface area contributed by atoms with Gasteiger partial charge in [0, 0.05) is 12.6 Å². The van der Waals surface area contributed by atoms with Crippen molar-refractivity contribution >= 4 is 12.1 Å². The van der Waals surface area contributed by atoms with Crippen molar-refractivity contribution in [1.29, 1.82) is 0 Å². The summed E-state index contributed by atoms with van der Waals surface area (Å²) in [5.41, 5.74) is 1.24. The summed E-state index contributed by atoms with van der Waals surface area (Å²) >= 11 is 0. The lowest BCUT2D eigenvalue weighted by molar-refractivity contribution is 0.00491. The third kappa shape index (κ3) is 6.76. The summed E-state index contributed by atoms with van der Waals surface area (Å²) in [4.78, 5) is 26.5. The molecule has 5 heteroatoms. The minimum Gasteiger partial charge on any atom is -0.465 e. The van der Waals surface area contributed by atoms with E-state index in [2.05, 4.69) is 20.8 Å². The highest BCUT2D eigenvalue weighted by Gasteiger charge is 2.35. The first-order chi connectivity index (χ1) is 13.4. The number of amides is 1. The number of nitrogens with zero attached hydrogens (tertiary/aromatic N) is 1. The fourth-order valence-electron chi connectivity index (χ4n) is 3.98. The maximum Gasteiger partial charge on any atom is 0.410 e. The molecule has 0 aliphatic heterocycles. The second-order valence-corrected chi connectivity index (χ2v) is 10.2. The molecule has 1 fully saturated rings. The number of methoxy groups -OCH3 is 1. The molecule has 0 atom stereocenters. The number of ether oxygens (including phenoxy) is 2. The highest BCUT2D eigenvalue weighted by Crippen LogP contribution is 2.39. The summed E-state index contributed by atoms with van der Waals surface area (Å²) in [7, 11) is 1.37. The van der Waals surface area contributed by atoms with Crippen molar-refractivity contribution in [3.63, 3.8) is 0 Å². The molecular formula is C24H37NO4. The van der Waals surface area contributed by atoms with Gasteiger partial charge in [-0.05, 0) is 75.5 Å². The lowest BCUT2D eigenvalue weighted by Crippen LogP contribution is -2.45. The minimum atomic E-state index is -0.535. The molecule has 5 nitrogen and oxygen atoms in total. The van der Waals surface area contributed by atoms with E-state index in [1.54, 1.807) is 12.1 Å². The van der Waals surface area contributed by atoms with Gasteiger partial charge in [-0.1, -0.05) is 32.9 Å². The van der Waals surface area contributed by atoms with Crippen molar-refractivity contribution in [3.05, 3.63) is 35.4 Å². The first kappa shape index (κ1) is 23.2. The lowest BCUT2D eigenvalue weighted by atomic mass is 9.71. The highest BCUT2D eigenvalue weighted by atomic mass is 16.6. The zero-order chi connectivity index (χ0) is 21.8. The van der Waals surface area contributed by atoms with E-state index < -0.39 is 5.60 Å². The van der Waals surface area contributed by atoms with Crippen molar-refractivity contribution in [1.82, 2.24) is 4.90 Å². The van der Waals surface area contributed by atoms with E-state index in [4.69, 9.17) is 9.47 Å². The van der Waals surface area contributed by atoms with Crippen LogP contribution in [0.5, 0.6) is 0 Å². The number of esters is 1. The Balaban J connectivity index is 2.15. The van der Waals surface area contributed by atoms with Gasteiger partial charge in [-0.3, -0.25) is 0 Å². The van der Waals surface area contributed by atoms with E-state index in [0.717, 1.165) is 31.2 Å². The first-order valence-electron chi connectivity index (χ1n) is 10.6. The van der Waals surface area contributed by atoms with E-state index in [-0.39, 0.29) is 18.1 Å². The van der Waals surface area contributed by atoms with Crippen LogP contribution in [0.3, 0.4) is 0 Å². The fourth-order valence-corrected chi connectivity index (χ4v) is 3.98. The predicted molar refractivity (Wildman–Crippen MR) is 115 cm³/mol. The molecule has 0 saturated heterocycles. The van der Waals surface area contributed by atoms with E-state index in [0.29, 0.717) is 23.4 Å². The van der Waals surface area contributed by atoms with Crippen LogP contribution in [-0.2, 0) is 16.0 Å². The predicted octanol–water partition coefficient (Wildman–Crippen LogP) is 5.82. The first-order valence-corrected chi connectivity index (χ1v) is 10.6. The summed E-state index contributed by atoms with van der Waals surface area (Å²) in [6, 6.07) is 7.41. The summed E-state index contributed by atoms with van der Waals surface area (Å²) in [5, 5.41) is 0. The summed E-state index contributed by atoms with van der Waals surface area (Å²) in [6.45, 7) is 13.0.